The summed E-state index contributed by atoms with van der Waals surface area (Å²) < 4.78 is 10.2. The number of carbonyl (C=O) groups is 1. The van der Waals surface area contributed by atoms with Crippen LogP contribution >= 0.6 is 0 Å². The van der Waals surface area contributed by atoms with Crippen LogP contribution in [0.15, 0.2) is 11.3 Å². The van der Waals surface area contributed by atoms with Gasteiger partial charge in [0.2, 0.25) is 0 Å². The SMILES string of the molecule is CCOC(=O)C(C=N)=C(N)COC(C)(C)C. The van der Waals surface area contributed by atoms with E-state index < -0.39 is 5.97 Å². The van der Waals surface area contributed by atoms with E-state index in [-0.39, 0.29) is 30.1 Å². The molecule has 0 aromatic carbocycles. The Morgan fingerprint density at radius 3 is 2.38 bits per heavy atom. The van der Waals surface area contributed by atoms with Crippen molar-refractivity contribution < 1.29 is 14.3 Å². The molecular formula is C11H20N2O3. The summed E-state index contributed by atoms with van der Waals surface area (Å²) in [6.45, 7) is 7.70. The Balaban J connectivity index is 4.62. The smallest absolute Gasteiger partial charge is 0.341 e. The van der Waals surface area contributed by atoms with Crippen molar-refractivity contribution in [3.05, 3.63) is 11.3 Å². The third-order valence-corrected chi connectivity index (χ3v) is 1.65. The van der Waals surface area contributed by atoms with Crippen molar-refractivity contribution >= 4 is 12.2 Å². The minimum absolute atomic E-state index is 0.0473. The normalized spacial score (nSPS) is 13.0. The van der Waals surface area contributed by atoms with Gasteiger partial charge < -0.3 is 20.6 Å². The molecule has 16 heavy (non-hydrogen) atoms. The number of ether oxygens (including phenoxy) is 2. The number of rotatable bonds is 5. The summed E-state index contributed by atoms with van der Waals surface area (Å²) in [6.07, 6.45) is 0.888. The van der Waals surface area contributed by atoms with Crippen LogP contribution in [-0.2, 0) is 14.3 Å². The molecule has 0 saturated heterocycles. The maximum Gasteiger partial charge on any atom is 0.341 e. The molecule has 5 heteroatoms. The van der Waals surface area contributed by atoms with E-state index in [2.05, 4.69) is 0 Å². The average Bonchev–Trinajstić information content (AvgIpc) is 2.15. The van der Waals surface area contributed by atoms with Gasteiger partial charge in [0.1, 0.15) is 0 Å². The van der Waals surface area contributed by atoms with E-state index in [1.807, 2.05) is 20.8 Å². The maximum atomic E-state index is 11.4. The summed E-state index contributed by atoms with van der Waals surface area (Å²) in [5.74, 6) is -0.590. The van der Waals surface area contributed by atoms with Crippen molar-refractivity contribution in [2.45, 2.75) is 33.3 Å². The van der Waals surface area contributed by atoms with E-state index in [0.29, 0.717) is 0 Å². The topological polar surface area (TPSA) is 85.4 Å². The van der Waals surface area contributed by atoms with Crippen LogP contribution in [0.25, 0.3) is 0 Å². The monoisotopic (exact) mass is 228 g/mol. The van der Waals surface area contributed by atoms with E-state index in [4.69, 9.17) is 20.6 Å². The maximum absolute atomic E-state index is 11.4. The van der Waals surface area contributed by atoms with Crippen LogP contribution in [-0.4, -0.2) is 31.0 Å². The molecule has 0 aliphatic carbocycles. The molecule has 0 aliphatic rings. The standard InChI is InChI=1S/C11H20N2O3/c1-5-15-10(14)8(6-12)9(13)7-16-11(2,3)4/h6,12H,5,7,13H2,1-4H3. The van der Waals surface area contributed by atoms with Crippen LogP contribution in [0.1, 0.15) is 27.7 Å². The molecule has 0 rings (SSSR count). The van der Waals surface area contributed by atoms with Crippen LogP contribution in [0, 0.1) is 5.41 Å². The zero-order valence-electron chi connectivity index (χ0n) is 10.3. The largest absolute Gasteiger partial charge is 0.462 e. The van der Waals surface area contributed by atoms with Gasteiger partial charge in [-0.3, -0.25) is 0 Å². The second-order valence-electron chi connectivity index (χ2n) is 4.20. The summed E-state index contributed by atoms with van der Waals surface area (Å²) in [6, 6.07) is 0. The first kappa shape index (κ1) is 14.6. The van der Waals surface area contributed by atoms with Crippen molar-refractivity contribution in [2.75, 3.05) is 13.2 Å². The summed E-state index contributed by atoms with van der Waals surface area (Å²) in [7, 11) is 0. The van der Waals surface area contributed by atoms with Gasteiger partial charge in [0.15, 0.2) is 0 Å². The van der Waals surface area contributed by atoms with Crippen molar-refractivity contribution in [3.8, 4) is 0 Å². The lowest BCUT2D eigenvalue weighted by molar-refractivity contribution is -0.138. The Hall–Kier alpha value is -1.36. The van der Waals surface area contributed by atoms with Gasteiger partial charge in [-0.1, -0.05) is 0 Å². The second kappa shape index (κ2) is 6.27. The fourth-order valence-electron chi connectivity index (χ4n) is 0.864. The van der Waals surface area contributed by atoms with Crippen molar-refractivity contribution in [1.29, 1.82) is 5.41 Å². The van der Waals surface area contributed by atoms with E-state index in [1.54, 1.807) is 6.92 Å². The second-order valence-corrected chi connectivity index (χ2v) is 4.20. The zero-order chi connectivity index (χ0) is 12.8. The van der Waals surface area contributed by atoms with Crippen LogP contribution in [0.3, 0.4) is 0 Å². The van der Waals surface area contributed by atoms with Gasteiger partial charge in [-0.05, 0) is 27.7 Å². The molecule has 0 unspecified atom stereocenters. The van der Waals surface area contributed by atoms with E-state index in [1.165, 1.54) is 0 Å². The first-order chi connectivity index (χ1) is 7.31. The molecular weight excluding hydrogens is 208 g/mol. The Labute approximate surface area is 96.1 Å². The van der Waals surface area contributed by atoms with E-state index in [9.17, 15) is 4.79 Å². The fraction of sp³-hybridized carbons (Fsp3) is 0.636. The van der Waals surface area contributed by atoms with Crippen LogP contribution in [0.5, 0.6) is 0 Å². The van der Waals surface area contributed by atoms with Gasteiger partial charge in [-0.25, -0.2) is 4.79 Å². The Kier molecular flexibility index (Phi) is 5.74. The minimum atomic E-state index is -0.590. The molecule has 0 aromatic rings. The van der Waals surface area contributed by atoms with Crippen LogP contribution < -0.4 is 5.73 Å². The van der Waals surface area contributed by atoms with Crippen LogP contribution in [0.4, 0.5) is 0 Å². The third kappa shape index (κ3) is 5.50. The van der Waals surface area contributed by atoms with Gasteiger partial charge >= 0.3 is 5.97 Å². The number of nitrogens with one attached hydrogen (secondary N) is 1. The lowest BCUT2D eigenvalue weighted by atomic mass is 10.2. The molecule has 0 amide bonds. The van der Waals surface area contributed by atoms with Gasteiger partial charge in [0.25, 0.3) is 0 Å². The minimum Gasteiger partial charge on any atom is -0.462 e. The number of hydrogen-bond donors (Lipinski definition) is 2. The quantitative estimate of drug-likeness (QED) is 0.421. The highest BCUT2D eigenvalue weighted by atomic mass is 16.5. The molecule has 0 aromatic heterocycles. The van der Waals surface area contributed by atoms with Crippen molar-refractivity contribution in [1.82, 2.24) is 0 Å². The van der Waals surface area contributed by atoms with Gasteiger partial charge in [-0.2, -0.15) is 0 Å². The molecule has 0 heterocycles. The highest BCUT2D eigenvalue weighted by Crippen LogP contribution is 2.09. The van der Waals surface area contributed by atoms with E-state index in [0.717, 1.165) is 6.21 Å². The van der Waals surface area contributed by atoms with Crippen molar-refractivity contribution in [3.63, 3.8) is 0 Å². The Bertz CT molecular complexity index is 290. The zero-order valence-corrected chi connectivity index (χ0v) is 10.3. The first-order valence-electron chi connectivity index (χ1n) is 5.12. The highest BCUT2D eigenvalue weighted by Gasteiger charge is 2.15. The molecule has 5 nitrogen and oxygen atoms in total. The lowest BCUT2D eigenvalue weighted by Crippen LogP contribution is -2.25. The molecule has 92 valence electrons. The summed E-state index contributed by atoms with van der Waals surface area (Å²) in [4.78, 5) is 11.4. The summed E-state index contributed by atoms with van der Waals surface area (Å²) in [5.41, 5.74) is 5.59. The molecule has 0 atom stereocenters. The molecule has 0 fully saturated rings. The molecule has 3 N–H and O–H groups in total. The number of hydrogen-bond acceptors (Lipinski definition) is 5. The van der Waals surface area contributed by atoms with Gasteiger partial charge in [0, 0.05) is 6.21 Å². The van der Waals surface area contributed by atoms with Gasteiger partial charge in [0.05, 0.1) is 30.1 Å². The van der Waals surface area contributed by atoms with Crippen LogP contribution in [0.2, 0.25) is 0 Å². The third-order valence-electron chi connectivity index (χ3n) is 1.65. The lowest BCUT2D eigenvalue weighted by Gasteiger charge is -2.20. The highest BCUT2D eigenvalue weighted by molar-refractivity contribution is 6.09. The predicted molar refractivity (Wildman–Crippen MR) is 62.3 cm³/mol. The molecule has 0 radical (unpaired) electrons. The molecule has 0 aliphatic heterocycles. The molecule has 0 spiro atoms. The molecule has 0 saturated carbocycles. The number of esters is 1. The van der Waals surface area contributed by atoms with E-state index >= 15 is 0 Å². The fourth-order valence-corrected chi connectivity index (χ4v) is 0.864. The van der Waals surface area contributed by atoms with Crippen molar-refractivity contribution in [2.24, 2.45) is 5.73 Å². The average molecular weight is 228 g/mol. The van der Waals surface area contributed by atoms with Gasteiger partial charge in [-0.15, -0.1) is 0 Å². The summed E-state index contributed by atoms with van der Waals surface area (Å²) >= 11 is 0. The molecule has 0 bridgehead atoms. The number of carbonyl (C=O) groups excluding carboxylic acids is 1. The summed E-state index contributed by atoms with van der Waals surface area (Å²) in [5, 5.41) is 7.11. The number of nitrogens with two attached hydrogens (primary N) is 1. The Morgan fingerprint density at radius 1 is 1.44 bits per heavy atom. The Morgan fingerprint density at radius 2 is 2.00 bits per heavy atom. The predicted octanol–water partition coefficient (Wildman–Crippen LogP) is 1.23. The first-order valence-corrected chi connectivity index (χ1v) is 5.12.